The molecule has 5 heteroatoms. The van der Waals surface area contributed by atoms with Crippen LogP contribution in [0.5, 0.6) is 0 Å². The molecule has 3 rings (SSSR count). The van der Waals surface area contributed by atoms with Crippen molar-refractivity contribution in [2.45, 2.75) is 4.90 Å². The second-order valence-electron chi connectivity index (χ2n) is 4.81. The molecule has 0 atom stereocenters. The van der Waals surface area contributed by atoms with Gasteiger partial charge in [-0.25, -0.2) is 13.4 Å². The zero-order chi connectivity index (χ0) is 14.9. The Morgan fingerprint density at radius 3 is 2.38 bits per heavy atom. The third-order valence-electron chi connectivity index (χ3n) is 3.29. The van der Waals surface area contributed by atoms with Crippen LogP contribution in [0, 0.1) is 0 Å². The molecule has 0 aliphatic heterocycles. The van der Waals surface area contributed by atoms with E-state index in [2.05, 4.69) is 9.97 Å². The normalized spacial score (nSPS) is 11.5. The van der Waals surface area contributed by atoms with Crippen LogP contribution in [0.2, 0.25) is 0 Å². The van der Waals surface area contributed by atoms with Crippen molar-refractivity contribution < 1.29 is 8.42 Å². The zero-order valence-corrected chi connectivity index (χ0v) is 12.3. The molecule has 0 aliphatic rings. The van der Waals surface area contributed by atoms with Gasteiger partial charge in [-0.15, -0.1) is 0 Å². The molecule has 1 N–H and O–H groups in total. The lowest BCUT2D eigenvalue weighted by Crippen LogP contribution is -1.98. The molecule has 0 aliphatic carbocycles. The first-order valence-electron chi connectivity index (χ1n) is 6.44. The number of rotatable bonds is 3. The summed E-state index contributed by atoms with van der Waals surface area (Å²) in [6.45, 7) is 0. The first-order valence-corrected chi connectivity index (χ1v) is 8.33. The van der Waals surface area contributed by atoms with Crippen molar-refractivity contribution in [3.05, 3.63) is 61.1 Å². The Morgan fingerprint density at radius 1 is 1.00 bits per heavy atom. The number of benzene rings is 2. The summed E-state index contributed by atoms with van der Waals surface area (Å²) in [4.78, 5) is 7.40. The molecule has 0 unspecified atom stereocenters. The summed E-state index contributed by atoms with van der Waals surface area (Å²) in [5, 5.41) is 0. The van der Waals surface area contributed by atoms with Gasteiger partial charge in [-0.1, -0.05) is 36.4 Å². The van der Waals surface area contributed by atoms with E-state index in [1.807, 2.05) is 36.4 Å². The van der Waals surface area contributed by atoms with Crippen LogP contribution in [0.15, 0.2) is 66.0 Å². The number of imidazole rings is 1. The average molecular weight is 298 g/mol. The van der Waals surface area contributed by atoms with Crippen LogP contribution in [-0.4, -0.2) is 24.6 Å². The lowest BCUT2D eigenvalue weighted by atomic mass is 9.98. The third-order valence-corrected chi connectivity index (χ3v) is 4.40. The van der Waals surface area contributed by atoms with E-state index in [9.17, 15) is 8.42 Å². The fourth-order valence-corrected chi connectivity index (χ4v) is 2.90. The van der Waals surface area contributed by atoms with E-state index < -0.39 is 9.84 Å². The monoisotopic (exact) mass is 298 g/mol. The van der Waals surface area contributed by atoms with E-state index in [4.69, 9.17) is 0 Å². The Hall–Kier alpha value is -2.40. The Bertz CT molecular complexity index is 855. The summed E-state index contributed by atoms with van der Waals surface area (Å²) in [7, 11) is -3.24. The number of nitrogens with one attached hydrogen (secondary N) is 1. The highest BCUT2D eigenvalue weighted by Gasteiger charge is 2.14. The molecule has 0 spiro atoms. The number of hydrogen-bond donors (Lipinski definition) is 1. The molecule has 106 valence electrons. The number of H-pyrrole nitrogens is 1. The van der Waals surface area contributed by atoms with Crippen LogP contribution in [0.3, 0.4) is 0 Å². The number of aromatic nitrogens is 2. The van der Waals surface area contributed by atoms with Gasteiger partial charge < -0.3 is 4.98 Å². The van der Waals surface area contributed by atoms with Crippen LogP contribution in [0.25, 0.3) is 22.4 Å². The van der Waals surface area contributed by atoms with Gasteiger partial charge in [-0.3, -0.25) is 0 Å². The minimum absolute atomic E-state index is 0.310. The number of aromatic amines is 1. The molecular formula is C16H14N2O2S. The lowest BCUT2D eigenvalue weighted by molar-refractivity contribution is 0.602. The fourth-order valence-electron chi connectivity index (χ4n) is 2.25. The fraction of sp³-hybridized carbons (Fsp3) is 0.0625. The SMILES string of the molecule is CS(=O)(=O)c1ccc(-c2cnc[nH]2)c(-c2ccccc2)c1. The number of nitrogens with zero attached hydrogens (tertiary/aromatic N) is 1. The minimum Gasteiger partial charge on any atom is -0.345 e. The van der Waals surface area contributed by atoms with Crippen molar-refractivity contribution in [1.29, 1.82) is 0 Å². The highest BCUT2D eigenvalue weighted by atomic mass is 32.2. The van der Waals surface area contributed by atoms with Crippen LogP contribution in [0.4, 0.5) is 0 Å². The third kappa shape index (κ3) is 2.73. The van der Waals surface area contributed by atoms with Crippen molar-refractivity contribution in [1.82, 2.24) is 9.97 Å². The zero-order valence-electron chi connectivity index (χ0n) is 11.4. The highest BCUT2D eigenvalue weighted by molar-refractivity contribution is 7.90. The second-order valence-corrected chi connectivity index (χ2v) is 6.83. The predicted octanol–water partition coefficient (Wildman–Crippen LogP) is 3.15. The van der Waals surface area contributed by atoms with Gasteiger partial charge in [-0.05, 0) is 23.3 Å². The lowest BCUT2D eigenvalue weighted by Gasteiger charge is -2.10. The maximum absolute atomic E-state index is 11.8. The second kappa shape index (κ2) is 5.18. The molecule has 0 bridgehead atoms. The largest absolute Gasteiger partial charge is 0.345 e. The van der Waals surface area contributed by atoms with Crippen LogP contribution >= 0.6 is 0 Å². The van der Waals surface area contributed by atoms with E-state index in [0.29, 0.717) is 4.90 Å². The summed E-state index contributed by atoms with van der Waals surface area (Å²) in [6.07, 6.45) is 4.55. The summed E-state index contributed by atoms with van der Waals surface area (Å²) < 4.78 is 23.6. The van der Waals surface area contributed by atoms with Crippen molar-refractivity contribution in [2.75, 3.05) is 6.26 Å². The summed E-state index contributed by atoms with van der Waals surface area (Å²) in [5.41, 5.74) is 3.61. The van der Waals surface area contributed by atoms with Gasteiger partial charge in [0.1, 0.15) is 0 Å². The van der Waals surface area contributed by atoms with Gasteiger partial charge in [0.15, 0.2) is 9.84 Å². The van der Waals surface area contributed by atoms with Crippen molar-refractivity contribution in [3.8, 4) is 22.4 Å². The van der Waals surface area contributed by atoms with Gasteiger partial charge >= 0.3 is 0 Å². The predicted molar refractivity (Wildman–Crippen MR) is 82.6 cm³/mol. The molecule has 1 aromatic heterocycles. The number of sulfone groups is 1. The van der Waals surface area contributed by atoms with E-state index in [-0.39, 0.29) is 0 Å². The quantitative estimate of drug-likeness (QED) is 0.808. The summed E-state index contributed by atoms with van der Waals surface area (Å²) in [5.74, 6) is 0. The van der Waals surface area contributed by atoms with Gasteiger partial charge in [0.05, 0.1) is 23.1 Å². The molecule has 2 aromatic carbocycles. The summed E-state index contributed by atoms with van der Waals surface area (Å²) >= 11 is 0. The smallest absolute Gasteiger partial charge is 0.175 e. The molecule has 21 heavy (non-hydrogen) atoms. The number of hydrogen-bond acceptors (Lipinski definition) is 3. The van der Waals surface area contributed by atoms with Crippen molar-refractivity contribution >= 4 is 9.84 Å². The Balaban J connectivity index is 2.27. The molecule has 3 aromatic rings. The Labute approximate surface area is 123 Å². The van der Waals surface area contributed by atoms with Gasteiger partial charge in [0, 0.05) is 11.8 Å². The highest BCUT2D eigenvalue weighted by Crippen LogP contribution is 2.32. The first kappa shape index (κ1) is 13.6. The summed E-state index contributed by atoms with van der Waals surface area (Å²) in [6, 6.07) is 14.9. The van der Waals surface area contributed by atoms with Crippen LogP contribution < -0.4 is 0 Å². The van der Waals surface area contributed by atoms with Crippen molar-refractivity contribution in [2.24, 2.45) is 0 Å². The standard InChI is InChI=1S/C16H14N2O2S/c1-21(19,20)13-7-8-14(16-10-17-11-18-16)15(9-13)12-5-3-2-4-6-12/h2-11H,1H3,(H,17,18). The Morgan fingerprint density at radius 2 is 1.76 bits per heavy atom. The van der Waals surface area contributed by atoms with E-state index in [1.165, 1.54) is 6.26 Å². The Kier molecular flexibility index (Phi) is 3.35. The maximum Gasteiger partial charge on any atom is 0.175 e. The first-order chi connectivity index (χ1) is 10.1. The molecule has 4 nitrogen and oxygen atoms in total. The molecule has 0 saturated heterocycles. The molecular weight excluding hydrogens is 284 g/mol. The molecule has 0 radical (unpaired) electrons. The van der Waals surface area contributed by atoms with Gasteiger partial charge in [0.2, 0.25) is 0 Å². The van der Waals surface area contributed by atoms with Crippen molar-refractivity contribution in [3.63, 3.8) is 0 Å². The van der Waals surface area contributed by atoms with Gasteiger partial charge in [-0.2, -0.15) is 0 Å². The average Bonchev–Trinajstić information content (AvgIpc) is 3.01. The topological polar surface area (TPSA) is 62.8 Å². The molecule has 1 heterocycles. The van der Waals surface area contributed by atoms with Crippen LogP contribution in [0.1, 0.15) is 0 Å². The van der Waals surface area contributed by atoms with Gasteiger partial charge in [0.25, 0.3) is 0 Å². The minimum atomic E-state index is -3.24. The van der Waals surface area contributed by atoms with Crippen LogP contribution in [-0.2, 0) is 9.84 Å². The maximum atomic E-state index is 11.8. The van der Waals surface area contributed by atoms with E-state index in [1.54, 1.807) is 24.7 Å². The molecule has 0 amide bonds. The molecule has 0 fully saturated rings. The van der Waals surface area contributed by atoms with E-state index in [0.717, 1.165) is 22.4 Å². The van der Waals surface area contributed by atoms with E-state index >= 15 is 0 Å². The molecule has 0 saturated carbocycles.